The van der Waals surface area contributed by atoms with Crippen LogP contribution in [0.3, 0.4) is 0 Å². The van der Waals surface area contributed by atoms with Gasteiger partial charge in [-0.15, -0.1) is 11.3 Å². The fraction of sp³-hybridized carbons (Fsp3) is 0. The molecule has 10 rings (SSSR count). The molecule has 0 bridgehead atoms. The minimum absolute atomic E-state index is 1.10. The first-order valence-corrected chi connectivity index (χ1v) is 19.2. The second kappa shape index (κ2) is 13.7. The molecule has 2 heteroatoms. The van der Waals surface area contributed by atoms with Gasteiger partial charge in [0.2, 0.25) is 0 Å². The molecule has 0 aliphatic rings. The Morgan fingerprint density at radius 2 is 0.833 bits per heavy atom. The molecule has 0 radical (unpaired) electrons. The number of anilines is 3. The van der Waals surface area contributed by atoms with Gasteiger partial charge in [0.05, 0.1) is 11.4 Å². The summed E-state index contributed by atoms with van der Waals surface area (Å²) in [5.74, 6) is 0. The van der Waals surface area contributed by atoms with Crippen molar-refractivity contribution in [1.29, 1.82) is 0 Å². The van der Waals surface area contributed by atoms with Gasteiger partial charge in [0.1, 0.15) is 0 Å². The molecule has 0 atom stereocenters. The van der Waals surface area contributed by atoms with Crippen molar-refractivity contribution in [3.05, 3.63) is 212 Å². The molecular formula is C52H35NS. The summed E-state index contributed by atoms with van der Waals surface area (Å²) >= 11 is 1.86. The minimum atomic E-state index is 1.10. The highest BCUT2D eigenvalue weighted by molar-refractivity contribution is 7.25. The smallest absolute Gasteiger partial charge is 0.0546 e. The van der Waals surface area contributed by atoms with Crippen LogP contribution in [0.2, 0.25) is 0 Å². The topological polar surface area (TPSA) is 3.24 Å². The van der Waals surface area contributed by atoms with E-state index in [1.165, 1.54) is 75.5 Å². The molecule has 0 N–H and O–H groups in total. The number of rotatable bonds is 7. The van der Waals surface area contributed by atoms with Gasteiger partial charge in [0.15, 0.2) is 0 Å². The molecular weight excluding hydrogens is 671 g/mol. The molecule has 0 saturated carbocycles. The van der Waals surface area contributed by atoms with Crippen molar-refractivity contribution < 1.29 is 0 Å². The first kappa shape index (κ1) is 32.0. The lowest BCUT2D eigenvalue weighted by Crippen LogP contribution is -2.12. The fourth-order valence-electron chi connectivity index (χ4n) is 7.87. The number of nitrogens with zero attached hydrogens (tertiary/aromatic N) is 1. The number of para-hydroxylation sites is 1. The van der Waals surface area contributed by atoms with Crippen molar-refractivity contribution in [2.75, 3.05) is 4.90 Å². The number of hydrogen-bond acceptors (Lipinski definition) is 2. The van der Waals surface area contributed by atoms with Gasteiger partial charge in [-0.25, -0.2) is 0 Å². The molecule has 0 amide bonds. The number of benzene rings is 9. The van der Waals surface area contributed by atoms with Crippen molar-refractivity contribution in [3.8, 4) is 44.5 Å². The van der Waals surface area contributed by atoms with E-state index in [1.807, 2.05) is 11.3 Å². The molecule has 1 aromatic heterocycles. The molecule has 0 spiro atoms. The first-order valence-electron chi connectivity index (χ1n) is 18.4. The van der Waals surface area contributed by atoms with Crippen LogP contribution >= 0.6 is 11.3 Å². The molecule has 0 aliphatic heterocycles. The average Bonchev–Trinajstić information content (AvgIpc) is 3.63. The van der Waals surface area contributed by atoms with E-state index in [1.54, 1.807) is 0 Å². The Morgan fingerprint density at radius 1 is 0.315 bits per heavy atom. The summed E-state index contributed by atoms with van der Waals surface area (Å²) in [5, 5.41) is 5.04. The van der Waals surface area contributed by atoms with Crippen LogP contribution in [-0.2, 0) is 0 Å². The molecule has 0 saturated heterocycles. The minimum Gasteiger partial charge on any atom is -0.309 e. The van der Waals surface area contributed by atoms with Gasteiger partial charge >= 0.3 is 0 Å². The largest absolute Gasteiger partial charge is 0.309 e. The van der Waals surface area contributed by atoms with E-state index in [0.717, 1.165) is 17.1 Å². The predicted octanol–water partition coefficient (Wildman–Crippen LogP) is 15.3. The van der Waals surface area contributed by atoms with Crippen LogP contribution in [0, 0.1) is 0 Å². The predicted molar refractivity (Wildman–Crippen MR) is 233 cm³/mol. The number of fused-ring (bicyclic) bond motifs is 4. The van der Waals surface area contributed by atoms with E-state index in [-0.39, 0.29) is 0 Å². The van der Waals surface area contributed by atoms with Gasteiger partial charge in [0, 0.05) is 36.8 Å². The maximum Gasteiger partial charge on any atom is 0.0546 e. The van der Waals surface area contributed by atoms with Crippen LogP contribution in [0.4, 0.5) is 17.1 Å². The fourth-order valence-corrected chi connectivity index (χ4v) is 9.01. The Bertz CT molecular complexity index is 2900. The van der Waals surface area contributed by atoms with Crippen LogP contribution in [0.25, 0.3) is 75.5 Å². The molecule has 254 valence electrons. The lowest BCUT2D eigenvalue weighted by molar-refractivity contribution is 1.30. The van der Waals surface area contributed by atoms with E-state index in [4.69, 9.17) is 0 Å². The van der Waals surface area contributed by atoms with Gasteiger partial charge in [-0.3, -0.25) is 0 Å². The summed E-state index contributed by atoms with van der Waals surface area (Å²) in [6.07, 6.45) is 0. The van der Waals surface area contributed by atoms with Crippen LogP contribution in [0.5, 0.6) is 0 Å². The Balaban J connectivity index is 1.17. The van der Waals surface area contributed by atoms with E-state index in [2.05, 4.69) is 217 Å². The second-order valence-electron chi connectivity index (χ2n) is 13.7. The normalized spacial score (nSPS) is 11.3. The van der Waals surface area contributed by atoms with Crippen molar-refractivity contribution in [2.24, 2.45) is 0 Å². The lowest BCUT2D eigenvalue weighted by atomic mass is 9.94. The monoisotopic (exact) mass is 705 g/mol. The third kappa shape index (κ3) is 5.74. The Kier molecular flexibility index (Phi) is 8.09. The van der Waals surface area contributed by atoms with E-state index < -0.39 is 0 Å². The average molecular weight is 706 g/mol. The quantitative estimate of drug-likeness (QED) is 0.160. The first-order chi connectivity index (χ1) is 26.8. The van der Waals surface area contributed by atoms with Gasteiger partial charge < -0.3 is 4.90 Å². The van der Waals surface area contributed by atoms with E-state index in [9.17, 15) is 0 Å². The maximum absolute atomic E-state index is 2.46. The molecule has 1 heterocycles. The molecule has 9 aromatic carbocycles. The molecule has 54 heavy (non-hydrogen) atoms. The standard InChI is InChI=1S/C52H35NS/c1-3-13-36(14-4-1)38-25-27-40(28-26-38)45-21-11-17-41-18-12-23-49(52(41)45)53(43-32-29-39(30-33-43)37-15-5-2-6-16-37)48-22-9-7-19-44(48)42-31-34-47-46-20-8-10-24-50(46)54-51(47)35-42/h1-35H. The molecule has 1 nitrogen and oxygen atoms in total. The Labute approximate surface area is 319 Å². The second-order valence-corrected chi connectivity index (χ2v) is 14.8. The zero-order valence-electron chi connectivity index (χ0n) is 29.6. The van der Waals surface area contributed by atoms with Crippen molar-refractivity contribution in [3.63, 3.8) is 0 Å². The SMILES string of the molecule is c1ccc(-c2ccc(-c3cccc4cccc(N(c5ccc(-c6ccccc6)cc5)c5ccccc5-c5ccc6c(c5)sc5ccccc56)c34)cc2)cc1. The summed E-state index contributed by atoms with van der Waals surface area (Å²) in [7, 11) is 0. The zero-order valence-corrected chi connectivity index (χ0v) is 30.4. The number of hydrogen-bond donors (Lipinski definition) is 0. The summed E-state index contributed by atoms with van der Waals surface area (Å²) in [4.78, 5) is 2.46. The van der Waals surface area contributed by atoms with E-state index >= 15 is 0 Å². The lowest BCUT2D eigenvalue weighted by Gasteiger charge is -2.30. The van der Waals surface area contributed by atoms with Crippen LogP contribution in [0.15, 0.2) is 212 Å². The summed E-state index contributed by atoms with van der Waals surface area (Å²) in [6, 6.07) is 77.2. The maximum atomic E-state index is 2.46. The highest BCUT2D eigenvalue weighted by atomic mass is 32.1. The Morgan fingerprint density at radius 3 is 1.57 bits per heavy atom. The molecule has 10 aromatic rings. The van der Waals surface area contributed by atoms with Gasteiger partial charge in [-0.05, 0) is 80.7 Å². The summed E-state index contributed by atoms with van der Waals surface area (Å²) < 4.78 is 2.62. The molecule has 0 fully saturated rings. The van der Waals surface area contributed by atoms with Crippen molar-refractivity contribution in [2.45, 2.75) is 0 Å². The number of thiophene rings is 1. The highest BCUT2D eigenvalue weighted by Gasteiger charge is 2.21. The third-order valence-electron chi connectivity index (χ3n) is 10.5. The summed E-state index contributed by atoms with van der Waals surface area (Å²) in [5.41, 5.74) is 13.0. The van der Waals surface area contributed by atoms with Gasteiger partial charge in [-0.1, -0.05) is 176 Å². The van der Waals surface area contributed by atoms with Crippen LogP contribution in [-0.4, -0.2) is 0 Å². The van der Waals surface area contributed by atoms with Crippen molar-refractivity contribution in [1.82, 2.24) is 0 Å². The van der Waals surface area contributed by atoms with Gasteiger partial charge in [0.25, 0.3) is 0 Å². The zero-order chi connectivity index (χ0) is 35.8. The van der Waals surface area contributed by atoms with Crippen LogP contribution < -0.4 is 4.90 Å². The molecule has 0 unspecified atom stereocenters. The van der Waals surface area contributed by atoms with Gasteiger partial charge in [-0.2, -0.15) is 0 Å². The third-order valence-corrected chi connectivity index (χ3v) is 11.6. The Hall–Kier alpha value is -6.74. The van der Waals surface area contributed by atoms with Crippen molar-refractivity contribution >= 4 is 59.3 Å². The summed E-state index contributed by atoms with van der Waals surface area (Å²) in [6.45, 7) is 0. The van der Waals surface area contributed by atoms with Crippen LogP contribution in [0.1, 0.15) is 0 Å². The molecule has 0 aliphatic carbocycles. The highest BCUT2D eigenvalue weighted by Crippen LogP contribution is 2.47. The van der Waals surface area contributed by atoms with E-state index in [0.29, 0.717) is 0 Å².